The molecule has 1 unspecified atom stereocenters. The molecule has 5 aromatic rings. The molecule has 6 rings (SSSR count). The number of anilines is 1. The Kier molecular flexibility index (Phi) is 4.33. The van der Waals surface area contributed by atoms with Crippen LogP contribution in [0.4, 0.5) is 5.88 Å². The van der Waals surface area contributed by atoms with E-state index in [1.807, 2.05) is 47.6 Å². The van der Waals surface area contributed by atoms with E-state index in [9.17, 15) is 0 Å². The fourth-order valence-corrected chi connectivity index (χ4v) is 8.90. The second-order valence-corrected chi connectivity index (χ2v) is 10.8. The first-order valence-electron chi connectivity index (χ1n) is 9.61. The molecule has 6 nitrogen and oxygen atoms in total. The van der Waals surface area contributed by atoms with Gasteiger partial charge < -0.3 is 13.8 Å². The van der Waals surface area contributed by atoms with Gasteiger partial charge in [0.25, 0.3) is 0 Å². The minimum Gasteiger partial charge on any atom is -0.448 e. The number of nitrogens with zero attached hydrogens (tertiary/aromatic N) is 3. The average molecular weight is 446 g/mol. The fourth-order valence-electron chi connectivity index (χ4n) is 3.81. The third-order valence-electron chi connectivity index (χ3n) is 5.04. The largest absolute Gasteiger partial charge is 0.448 e. The lowest BCUT2D eigenvalue weighted by Gasteiger charge is -2.35. The lowest BCUT2D eigenvalue weighted by molar-refractivity contribution is 0.535. The Morgan fingerprint density at radius 3 is 2.58 bits per heavy atom. The molecule has 31 heavy (non-hydrogen) atoms. The number of pyridine rings is 1. The number of H-pyrrole nitrogens is 1. The molecule has 1 radical (unpaired) electrons. The van der Waals surface area contributed by atoms with Crippen LogP contribution in [0.3, 0.4) is 0 Å². The second kappa shape index (κ2) is 7.33. The monoisotopic (exact) mass is 445 g/mol. The standard InChI is InChI=1S/C23H17N4O2S2/c1-2-10-25-18(7-1)31(20-9-5-15-30-20)16-27(19-8-4-13-28-19)21(23-26-12-14-29-23)22(31)17-6-3-11-24-17/h1-16,24H. The molecule has 0 bridgehead atoms. The van der Waals surface area contributed by atoms with Gasteiger partial charge in [0, 0.05) is 18.5 Å². The smallest absolute Gasteiger partial charge is 0.244 e. The third-order valence-corrected chi connectivity index (χ3v) is 10.0. The first kappa shape index (κ1) is 18.3. The molecule has 0 saturated carbocycles. The van der Waals surface area contributed by atoms with Crippen molar-refractivity contribution >= 4 is 37.9 Å². The highest BCUT2D eigenvalue weighted by Crippen LogP contribution is 2.79. The van der Waals surface area contributed by atoms with E-state index in [-0.39, 0.29) is 0 Å². The first-order valence-corrected chi connectivity index (χ1v) is 12.2. The molecule has 1 aliphatic heterocycles. The van der Waals surface area contributed by atoms with Gasteiger partial charge in [-0.25, -0.2) is 4.98 Å². The number of aromatic amines is 1. The van der Waals surface area contributed by atoms with Crippen LogP contribution in [0.1, 0.15) is 11.6 Å². The summed E-state index contributed by atoms with van der Waals surface area (Å²) in [6, 6.07) is 18.2. The van der Waals surface area contributed by atoms with Crippen LogP contribution in [0.5, 0.6) is 0 Å². The Morgan fingerprint density at radius 1 is 0.903 bits per heavy atom. The fraction of sp³-hybridized carbons (Fsp3) is 0. The maximum atomic E-state index is 5.84. The van der Waals surface area contributed by atoms with E-state index in [1.165, 1.54) is 4.21 Å². The van der Waals surface area contributed by atoms with Gasteiger partial charge in [-0.05, 0) is 41.8 Å². The van der Waals surface area contributed by atoms with Crippen LogP contribution in [-0.2, 0) is 0 Å². The molecule has 1 aliphatic rings. The van der Waals surface area contributed by atoms with E-state index in [4.69, 9.17) is 13.8 Å². The van der Waals surface area contributed by atoms with Gasteiger partial charge in [-0.1, -0.05) is 12.1 Å². The summed E-state index contributed by atoms with van der Waals surface area (Å²) in [5.74, 6) is 3.45. The second-order valence-electron chi connectivity index (χ2n) is 6.79. The first-order chi connectivity index (χ1) is 15.4. The summed E-state index contributed by atoms with van der Waals surface area (Å²) in [4.78, 5) is 15.9. The number of aromatic nitrogens is 3. The Labute approximate surface area is 184 Å². The van der Waals surface area contributed by atoms with Gasteiger partial charge in [0.15, 0.2) is 0 Å². The van der Waals surface area contributed by atoms with Crippen molar-refractivity contribution in [2.24, 2.45) is 0 Å². The van der Waals surface area contributed by atoms with E-state index in [2.05, 4.69) is 45.5 Å². The third kappa shape index (κ3) is 2.79. The van der Waals surface area contributed by atoms with E-state index >= 15 is 0 Å². The van der Waals surface area contributed by atoms with E-state index < -0.39 is 10.0 Å². The summed E-state index contributed by atoms with van der Waals surface area (Å²) in [5.41, 5.74) is 1.84. The van der Waals surface area contributed by atoms with Crippen LogP contribution in [0.2, 0.25) is 0 Å². The zero-order valence-corrected chi connectivity index (χ0v) is 17.8. The summed E-state index contributed by atoms with van der Waals surface area (Å²) in [7, 11) is -1.89. The minimum absolute atomic E-state index is 0.527. The number of nitrogens with one attached hydrogen (secondary N) is 1. The quantitative estimate of drug-likeness (QED) is 0.337. The number of thiophene rings is 1. The van der Waals surface area contributed by atoms with Crippen molar-refractivity contribution in [3.05, 3.63) is 109 Å². The predicted octanol–water partition coefficient (Wildman–Crippen LogP) is 6.44. The zero-order chi connectivity index (χ0) is 20.7. The molecule has 153 valence electrons. The molecule has 0 aliphatic carbocycles. The zero-order valence-electron chi connectivity index (χ0n) is 16.2. The highest BCUT2D eigenvalue weighted by atomic mass is 32.3. The van der Waals surface area contributed by atoms with Crippen molar-refractivity contribution in [3.63, 3.8) is 0 Å². The van der Waals surface area contributed by atoms with Crippen molar-refractivity contribution < 1.29 is 8.83 Å². The normalized spacial score (nSPS) is 20.8. The molecule has 0 aromatic carbocycles. The summed E-state index contributed by atoms with van der Waals surface area (Å²) in [6.45, 7) is 0. The Hall–Kier alpha value is -3.49. The summed E-state index contributed by atoms with van der Waals surface area (Å²) in [5, 5.41) is 3.09. The van der Waals surface area contributed by atoms with Gasteiger partial charge in [-0.3, -0.25) is 9.88 Å². The molecule has 0 spiro atoms. The number of furan rings is 1. The molecule has 0 saturated heterocycles. The maximum absolute atomic E-state index is 5.84. The van der Waals surface area contributed by atoms with Crippen molar-refractivity contribution in [3.8, 4) is 0 Å². The van der Waals surface area contributed by atoms with Gasteiger partial charge in [-0.2, -0.15) is 0 Å². The molecule has 1 N–H and O–H groups in total. The Balaban J connectivity index is 1.74. The van der Waals surface area contributed by atoms with Crippen LogP contribution in [-0.4, -0.2) is 15.0 Å². The SMILES string of the molecule is [CH]1N(c2ccco2)C(c2ncco2)=C(c2ccc[nH]2)S1(c1ccccn1)c1cccs1. The van der Waals surface area contributed by atoms with Crippen LogP contribution < -0.4 is 4.90 Å². The van der Waals surface area contributed by atoms with Gasteiger partial charge in [-0.15, -0.1) is 21.4 Å². The lowest BCUT2D eigenvalue weighted by atomic mass is 10.3. The van der Waals surface area contributed by atoms with Crippen LogP contribution in [0.25, 0.3) is 10.6 Å². The van der Waals surface area contributed by atoms with Gasteiger partial charge >= 0.3 is 0 Å². The van der Waals surface area contributed by atoms with Crippen molar-refractivity contribution in [1.29, 1.82) is 0 Å². The van der Waals surface area contributed by atoms with Crippen molar-refractivity contribution in [2.45, 2.75) is 9.24 Å². The molecule has 0 amide bonds. The molecule has 0 fully saturated rings. The average Bonchev–Trinajstić information content (AvgIpc) is 3.64. The molecule has 1 atom stereocenters. The topological polar surface area (TPSA) is 71.1 Å². The lowest BCUT2D eigenvalue weighted by Crippen LogP contribution is -2.15. The highest BCUT2D eigenvalue weighted by molar-refractivity contribution is 8.43. The molecule has 6 heterocycles. The minimum atomic E-state index is -1.89. The highest BCUT2D eigenvalue weighted by Gasteiger charge is 2.49. The molecular formula is C23H17N4O2S2. The van der Waals surface area contributed by atoms with E-state index in [0.717, 1.165) is 21.3 Å². The number of oxazole rings is 1. The summed E-state index contributed by atoms with van der Waals surface area (Å²) >= 11 is 1.72. The number of rotatable bonds is 5. The van der Waals surface area contributed by atoms with Crippen molar-refractivity contribution in [2.75, 3.05) is 4.90 Å². The summed E-state index contributed by atoms with van der Waals surface area (Å²) < 4.78 is 12.9. The van der Waals surface area contributed by atoms with E-state index in [0.29, 0.717) is 11.8 Å². The molecule has 5 aromatic heterocycles. The summed E-state index contributed by atoms with van der Waals surface area (Å²) in [6.07, 6.45) is 8.71. The number of hydrogen-bond acceptors (Lipinski definition) is 6. The van der Waals surface area contributed by atoms with Gasteiger partial charge in [0.05, 0.1) is 32.3 Å². The maximum Gasteiger partial charge on any atom is 0.244 e. The van der Waals surface area contributed by atoms with Gasteiger partial charge in [0.2, 0.25) is 11.8 Å². The Bertz CT molecular complexity index is 1300. The van der Waals surface area contributed by atoms with Crippen LogP contribution >= 0.6 is 21.4 Å². The van der Waals surface area contributed by atoms with Crippen LogP contribution in [0, 0.1) is 5.88 Å². The molecule has 8 heteroatoms. The predicted molar refractivity (Wildman–Crippen MR) is 122 cm³/mol. The molecular weight excluding hydrogens is 428 g/mol. The van der Waals surface area contributed by atoms with Crippen LogP contribution in [0.15, 0.2) is 109 Å². The Morgan fingerprint density at radius 2 is 1.90 bits per heavy atom. The number of hydrogen-bond donors (Lipinski definition) is 1. The van der Waals surface area contributed by atoms with Gasteiger partial charge in [0.1, 0.15) is 17.8 Å². The van der Waals surface area contributed by atoms with Crippen molar-refractivity contribution in [1.82, 2.24) is 15.0 Å². The van der Waals surface area contributed by atoms with E-state index in [1.54, 1.807) is 30.1 Å².